The fourth-order valence-corrected chi connectivity index (χ4v) is 2.95. The van der Waals surface area contributed by atoms with E-state index in [1.54, 1.807) is 0 Å². The number of nitrogens with zero attached hydrogens (tertiary/aromatic N) is 1. The molecule has 0 aromatic heterocycles. The Hall–Kier alpha value is -0.170. The first-order chi connectivity index (χ1) is 6.95. The first-order valence-electron chi connectivity index (χ1n) is 5.06. The summed E-state index contributed by atoms with van der Waals surface area (Å²) in [6, 6.07) is 0. The van der Waals surface area contributed by atoms with Crippen molar-refractivity contribution in [3.05, 3.63) is 0 Å². The van der Waals surface area contributed by atoms with E-state index >= 15 is 0 Å². The lowest BCUT2D eigenvalue weighted by atomic mass is 10.4. The predicted octanol–water partition coefficient (Wildman–Crippen LogP) is -0.335. The average Bonchev–Trinajstić information content (AvgIpc) is 2.87. The van der Waals surface area contributed by atoms with Crippen molar-refractivity contribution in [3.63, 3.8) is 0 Å². The van der Waals surface area contributed by atoms with Gasteiger partial charge in [-0.2, -0.15) is 0 Å². The second-order valence-electron chi connectivity index (χ2n) is 4.11. The molecule has 6 heteroatoms. The highest BCUT2D eigenvalue weighted by Gasteiger charge is 2.30. The third-order valence-corrected chi connectivity index (χ3v) is 4.44. The van der Waals surface area contributed by atoms with Crippen molar-refractivity contribution < 1.29 is 18.3 Å². The molecule has 1 aliphatic rings. The van der Waals surface area contributed by atoms with Gasteiger partial charge in [-0.15, -0.1) is 0 Å². The lowest BCUT2D eigenvalue weighted by Gasteiger charge is -2.19. The number of likely N-dealkylation sites (N-methyl/N-ethyl adjacent to an activating group) is 1. The number of aliphatic hydroxyl groups is 1. The van der Waals surface area contributed by atoms with Gasteiger partial charge in [0.2, 0.25) is 10.0 Å². The zero-order valence-electron chi connectivity index (χ0n) is 9.22. The first-order valence-corrected chi connectivity index (χ1v) is 6.67. The van der Waals surface area contributed by atoms with E-state index in [9.17, 15) is 13.5 Å². The summed E-state index contributed by atoms with van der Waals surface area (Å²) in [4.78, 5) is 0. The van der Waals surface area contributed by atoms with Crippen molar-refractivity contribution in [2.24, 2.45) is 5.92 Å². The van der Waals surface area contributed by atoms with Gasteiger partial charge in [-0.3, -0.25) is 0 Å². The van der Waals surface area contributed by atoms with E-state index in [0.717, 1.165) is 12.8 Å². The van der Waals surface area contributed by atoms with Crippen LogP contribution in [0.25, 0.3) is 0 Å². The zero-order chi connectivity index (χ0) is 11.5. The highest BCUT2D eigenvalue weighted by Crippen LogP contribution is 2.30. The van der Waals surface area contributed by atoms with Crippen molar-refractivity contribution in [2.75, 3.05) is 33.1 Å². The maximum Gasteiger partial charge on any atom is 0.214 e. The minimum absolute atomic E-state index is 0.100. The summed E-state index contributed by atoms with van der Waals surface area (Å²) in [6.07, 6.45) is 1.26. The molecule has 0 saturated heterocycles. The summed E-state index contributed by atoms with van der Waals surface area (Å²) in [5.41, 5.74) is 0. The molecular weight excluding hydrogens is 218 g/mol. The molecule has 0 aromatic carbocycles. The molecule has 1 rings (SSSR count). The summed E-state index contributed by atoms with van der Waals surface area (Å²) in [5, 5.41) is 9.40. The fourth-order valence-electron chi connectivity index (χ4n) is 1.37. The molecule has 0 amide bonds. The molecule has 90 valence electrons. The van der Waals surface area contributed by atoms with Gasteiger partial charge in [-0.1, -0.05) is 0 Å². The summed E-state index contributed by atoms with van der Waals surface area (Å²) in [5.74, 6) is 0.542. The molecule has 1 fully saturated rings. The summed E-state index contributed by atoms with van der Waals surface area (Å²) >= 11 is 0. The Morgan fingerprint density at radius 1 is 1.53 bits per heavy atom. The Bertz CT molecular complexity index is 286. The third-order valence-electron chi connectivity index (χ3n) is 2.45. The minimum Gasteiger partial charge on any atom is -0.389 e. The maximum absolute atomic E-state index is 11.7. The molecule has 0 aromatic rings. The van der Waals surface area contributed by atoms with E-state index in [-0.39, 0.29) is 18.9 Å². The fraction of sp³-hybridized carbons (Fsp3) is 1.00. The van der Waals surface area contributed by atoms with Gasteiger partial charge in [0.05, 0.1) is 18.5 Å². The second kappa shape index (κ2) is 5.25. The number of sulfonamides is 1. The van der Waals surface area contributed by atoms with E-state index in [1.165, 1.54) is 18.5 Å². The third kappa shape index (κ3) is 4.46. The highest BCUT2D eigenvalue weighted by atomic mass is 32.2. The van der Waals surface area contributed by atoms with Crippen LogP contribution in [0.3, 0.4) is 0 Å². The van der Waals surface area contributed by atoms with Crippen molar-refractivity contribution in [2.45, 2.75) is 18.9 Å². The lowest BCUT2D eigenvalue weighted by Crippen LogP contribution is -2.37. The number of methoxy groups -OCH3 is 1. The van der Waals surface area contributed by atoms with E-state index in [4.69, 9.17) is 4.74 Å². The minimum atomic E-state index is -3.19. The van der Waals surface area contributed by atoms with Crippen LogP contribution in [-0.4, -0.2) is 57.0 Å². The van der Waals surface area contributed by atoms with Gasteiger partial charge in [-0.05, 0) is 18.8 Å². The molecule has 0 aliphatic heterocycles. The highest BCUT2D eigenvalue weighted by molar-refractivity contribution is 7.89. The van der Waals surface area contributed by atoms with Gasteiger partial charge < -0.3 is 9.84 Å². The molecule has 1 unspecified atom stereocenters. The van der Waals surface area contributed by atoms with E-state index < -0.39 is 16.1 Å². The largest absolute Gasteiger partial charge is 0.389 e. The standard InChI is InChI=1S/C9H19NO4S/c1-10(5-9(11)6-14-2)15(12,13)7-8-3-4-8/h8-9,11H,3-7H2,1-2H3. The summed E-state index contributed by atoms with van der Waals surface area (Å²) in [7, 11) is -0.222. The molecule has 0 heterocycles. The number of ether oxygens (including phenoxy) is 1. The van der Waals surface area contributed by atoms with E-state index in [0.29, 0.717) is 5.92 Å². The second-order valence-corrected chi connectivity index (χ2v) is 6.23. The Kier molecular flexibility index (Phi) is 4.51. The van der Waals surface area contributed by atoms with Crippen molar-refractivity contribution in [1.82, 2.24) is 4.31 Å². The number of hydrogen-bond donors (Lipinski definition) is 1. The van der Waals surface area contributed by atoms with Crippen LogP contribution in [0.5, 0.6) is 0 Å². The number of aliphatic hydroxyl groups excluding tert-OH is 1. The Morgan fingerprint density at radius 3 is 2.60 bits per heavy atom. The zero-order valence-corrected chi connectivity index (χ0v) is 10.0. The molecule has 15 heavy (non-hydrogen) atoms. The quantitative estimate of drug-likeness (QED) is 0.658. The number of rotatable bonds is 7. The molecular formula is C9H19NO4S. The molecule has 5 nitrogen and oxygen atoms in total. The Morgan fingerprint density at radius 2 is 2.13 bits per heavy atom. The van der Waals surface area contributed by atoms with Crippen LogP contribution < -0.4 is 0 Å². The molecule has 1 aliphatic carbocycles. The molecule has 0 bridgehead atoms. The van der Waals surface area contributed by atoms with Gasteiger partial charge in [0.25, 0.3) is 0 Å². The van der Waals surface area contributed by atoms with Crippen molar-refractivity contribution in [3.8, 4) is 0 Å². The predicted molar refractivity (Wildman–Crippen MR) is 57.0 cm³/mol. The summed E-state index contributed by atoms with van der Waals surface area (Å²) < 4.78 is 29.3. The van der Waals surface area contributed by atoms with Gasteiger partial charge in [0, 0.05) is 20.7 Å². The average molecular weight is 237 g/mol. The monoisotopic (exact) mass is 237 g/mol. The maximum atomic E-state index is 11.7. The van der Waals surface area contributed by atoms with Gasteiger partial charge >= 0.3 is 0 Å². The normalized spacial score (nSPS) is 19.5. The van der Waals surface area contributed by atoms with Crippen LogP contribution in [0.4, 0.5) is 0 Å². The topological polar surface area (TPSA) is 66.8 Å². The van der Waals surface area contributed by atoms with Crippen LogP contribution in [0.1, 0.15) is 12.8 Å². The van der Waals surface area contributed by atoms with Crippen molar-refractivity contribution >= 4 is 10.0 Å². The van der Waals surface area contributed by atoms with E-state index in [2.05, 4.69) is 0 Å². The lowest BCUT2D eigenvalue weighted by molar-refractivity contribution is 0.0554. The van der Waals surface area contributed by atoms with E-state index in [1.807, 2.05) is 0 Å². The molecule has 1 saturated carbocycles. The smallest absolute Gasteiger partial charge is 0.214 e. The van der Waals surface area contributed by atoms with Gasteiger partial charge in [0.1, 0.15) is 0 Å². The Labute approximate surface area is 91.1 Å². The van der Waals surface area contributed by atoms with Crippen LogP contribution in [-0.2, 0) is 14.8 Å². The SMILES string of the molecule is COCC(O)CN(C)S(=O)(=O)CC1CC1. The van der Waals surface area contributed by atoms with Gasteiger partial charge in [0.15, 0.2) is 0 Å². The van der Waals surface area contributed by atoms with Crippen LogP contribution in [0.15, 0.2) is 0 Å². The first kappa shape index (κ1) is 12.9. The number of hydrogen-bond acceptors (Lipinski definition) is 4. The molecule has 1 atom stereocenters. The van der Waals surface area contributed by atoms with Crippen LogP contribution in [0, 0.1) is 5.92 Å². The molecule has 1 N–H and O–H groups in total. The molecule has 0 radical (unpaired) electrons. The van der Waals surface area contributed by atoms with Crippen LogP contribution in [0.2, 0.25) is 0 Å². The molecule has 0 spiro atoms. The van der Waals surface area contributed by atoms with Crippen LogP contribution >= 0.6 is 0 Å². The van der Waals surface area contributed by atoms with Gasteiger partial charge in [-0.25, -0.2) is 12.7 Å². The van der Waals surface area contributed by atoms with Crippen molar-refractivity contribution in [1.29, 1.82) is 0 Å². The Balaban J connectivity index is 2.39. The summed E-state index contributed by atoms with van der Waals surface area (Å²) in [6.45, 7) is 0.256.